The predicted molar refractivity (Wildman–Crippen MR) is 84.4 cm³/mol. The van der Waals surface area contributed by atoms with Gasteiger partial charge in [0.25, 0.3) is 0 Å². The first-order valence-corrected chi connectivity index (χ1v) is 7.60. The average Bonchev–Trinajstić information content (AvgIpc) is 2.45. The Morgan fingerprint density at radius 1 is 1.48 bits per heavy atom. The van der Waals surface area contributed by atoms with Gasteiger partial charge >= 0.3 is 0 Å². The molecule has 2 N–H and O–H groups in total. The number of hydrogen-bond donors (Lipinski definition) is 2. The molecule has 1 saturated heterocycles. The molecule has 1 heterocycles. The Bertz CT molecular complexity index is 499. The van der Waals surface area contributed by atoms with Gasteiger partial charge in [-0.05, 0) is 19.4 Å². The lowest BCUT2D eigenvalue weighted by Crippen LogP contribution is -2.56. The molecule has 1 aliphatic rings. The second kappa shape index (κ2) is 6.58. The highest BCUT2D eigenvalue weighted by atomic mass is 16.5. The highest BCUT2D eigenvalue weighted by Gasteiger charge is 2.30. The van der Waals surface area contributed by atoms with Crippen molar-refractivity contribution in [3.63, 3.8) is 0 Å². The summed E-state index contributed by atoms with van der Waals surface area (Å²) in [6, 6.07) is 8.18. The van der Waals surface area contributed by atoms with Crippen molar-refractivity contribution in [3.8, 4) is 0 Å². The molecule has 2 atom stereocenters. The van der Waals surface area contributed by atoms with Crippen LogP contribution in [0.15, 0.2) is 24.3 Å². The van der Waals surface area contributed by atoms with E-state index in [0.29, 0.717) is 13.2 Å². The lowest BCUT2D eigenvalue weighted by molar-refractivity contribution is -0.129. The van der Waals surface area contributed by atoms with Gasteiger partial charge in [0.1, 0.15) is 6.04 Å². The molecule has 0 bridgehead atoms. The van der Waals surface area contributed by atoms with Crippen LogP contribution in [-0.4, -0.2) is 37.7 Å². The molecule has 0 unspecified atom stereocenters. The van der Waals surface area contributed by atoms with Crippen molar-refractivity contribution >= 4 is 5.91 Å². The first-order chi connectivity index (χ1) is 9.90. The van der Waals surface area contributed by atoms with E-state index in [-0.39, 0.29) is 23.5 Å². The highest BCUT2D eigenvalue weighted by Crippen LogP contribution is 2.23. The van der Waals surface area contributed by atoms with Crippen molar-refractivity contribution in [2.24, 2.45) is 0 Å². The third kappa shape index (κ3) is 4.05. The van der Waals surface area contributed by atoms with Gasteiger partial charge < -0.3 is 15.4 Å². The van der Waals surface area contributed by atoms with Gasteiger partial charge in [0.2, 0.25) is 5.91 Å². The largest absolute Gasteiger partial charge is 0.375 e. The van der Waals surface area contributed by atoms with Crippen LogP contribution in [0.25, 0.3) is 0 Å². The zero-order chi connectivity index (χ0) is 15.5. The highest BCUT2D eigenvalue weighted by molar-refractivity contribution is 5.82. The fourth-order valence-electron chi connectivity index (χ4n) is 2.61. The summed E-state index contributed by atoms with van der Waals surface area (Å²) in [6.45, 7) is 10.3. The maximum atomic E-state index is 12.3. The molecule has 1 aromatic rings. The second-order valence-corrected chi connectivity index (χ2v) is 6.48. The van der Waals surface area contributed by atoms with Gasteiger partial charge in [-0.15, -0.1) is 0 Å². The first-order valence-electron chi connectivity index (χ1n) is 7.60. The van der Waals surface area contributed by atoms with Gasteiger partial charge in [0.15, 0.2) is 0 Å². The Morgan fingerprint density at radius 3 is 2.90 bits per heavy atom. The van der Waals surface area contributed by atoms with Crippen molar-refractivity contribution in [2.45, 2.75) is 45.3 Å². The van der Waals surface area contributed by atoms with Gasteiger partial charge in [-0.1, -0.05) is 43.7 Å². The number of aryl methyl sites for hydroxylation is 1. The predicted octanol–water partition coefficient (Wildman–Crippen LogP) is 1.77. The lowest BCUT2D eigenvalue weighted by Gasteiger charge is -2.31. The summed E-state index contributed by atoms with van der Waals surface area (Å²) in [6.07, 6.45) is -0.0826. The van der Waals surface area contributed by atoms with Gasteiger partial charge in [0.05, 0.1) is 12.7 Å². The summed E-state index contributed by atoms with van der Waals surface area (Å²) in [5.41, 5.74) is 2.38. The first kappa shape index (κ1) is 16.0. The normalized spacial score (nSPS) is 22.9. The summed E-state index contributed by atoms with van der Waals surface area (Å²) in [7, 11) is 0. The minimum atomic E-state index is -0.257. The maximum Gasteiger partial charge on any atom is 0.239 e. The summed E-state index contributed by atoms with van der Waals surface area (Å²) in [5, 5.41) is 6.28. The standard InChI is InChI=1S/C17H26N2O2/c1-12-6-5-7-14(10-12)17(3,4)11-19-16(20)15-13(2)21-9-8-18-15/h5-7,10,13,15,18H,8-9,11H2,1-4H3,(H,19,20)/t13-,15+/m1/s1. The van der Waals surface area contributed by atoms with Crippen LogP contribution in [0.5, 0.6) is 0 Å². The molecule has 0 aromatic heterocycles. The molecule has 0 radical (unpaired) electrons. The summed E-state index contributed by atoms with van der Waals surface area (Å²) in [4.78, 5) is 12.3. The monoisotopic (exact) mass is 290 g/mol. The van der Waals surface area contributed by atoms with E-state index in [9.17, 15) is 4.79 Å². The van der Waals surface area contributed by atoms with Gasteiger partial charge in [0, 0.05) is 18.5 Å². The van der Waals surface area contributed by atoms with Gasteiger partial charge in [-0.3, -0.25) is 4.79 Å². The molecule has 1 aromatic carbocycles. The summed E-state index contributed by atoms with van der Waals surface area (Å²) >= 11 is 0. The minimum absolute atomic E-state index is 0.0166. The van der Waals surface area contributed by atoms with E-state index in [1.165, 1.54) is 11.1 Å². The van der Waals surface area contributed by atoms with Crippen LogP contribution in [0.1, 0.15) is 31.9 Å². The van der Waals surface area contributed by atoms with Crippen molar-refractivity contribution in [1.29, 1.82) is 0 Å². The van der Waals surface area contributed by atoms with Crippen molar-refractivity contribution in [1.82, 2.24) is 10.6 Å². The molecule has 1 aliphatic heterocycles. The fourth-order valence-corrected chi connectivity index (χ4v) is 2.61. The number of amides is 1. The average molecular weight is 290 g/mol. The Hall–Kier alpha value is -1.39. The molecule has 0 saturated carbocycles. The summed E-state index contributed by atoms with van der Waals surface area (Å²) < 4.78 is 5.52. The molecule has 4 heteroatoms. The maximum absolute atomic E-state index is 12.3. The van der Waals surface area contributed by atoms with E-state index in [4.69, 9.17) is 4.74 Å². The Kier molecular flexibility index (Phi) is 5.01. The third-order valence-electron chi connectivity index (χ3n) is 4.10. The van der Waals surface area contributed by atoms with Crippen LogP contribution in [0, 0.1) is 6.92 Å². The van der Waals surface area contributed by atoms with E-state index in [1.807, 2.05) is 6.92 Å². The third-order valence-corrected chi connectivity index (χ3v) is 4.10. The zero-order valence-corrected chi connectivity index (χ0v) is 13.4. The smallest absolute Gasteiger partial charge is 0.239 e. The zero-order valence-electron chi connectivity index (χ0n) is 13.4. The molecule has 21 heavy (non-hydrogen) atoms. The second-order valence-electron chi connectivity index (χ2n) is 6.48. The van der Waals surface area contributed by atoms with Crippen molar-refractivity contribution < 1.29 is 9.53 Å². The lowest BCUT2D eigenvalue weighted by atomic mass is 9.84. The quantitative estimate of drug-likeness (QED) is 0.888. The topological polar surface area (TPSA) is 50.4 Å². The molecular formula is C17H26N2O2. The number of hydrogen-bond acceptors (Lipinski definition) is 3. The molecule has 116 valence electrons. The molecule has 1 amide bonds. The van der Waals surface area contributed by atoms with Crippen LogP contribution < -0.4 is 10.6 Å². The fraction of sp³-hybridized carbons (Fsp3) is 0.588. The molecule has 2 rings (SSSR count). The van der Waals surface area contributed by atoms with Crippen LogP contribution in [-0.2, 0) is 14.9 Å². The molecule has 1 fully saturated rings. The number of rotatable bonds is 4. The van der Waals surface area contributed by atoms with E-state index in [1.54, 1.807) is 0 Å². The Morgan fingerprint density at radius 2 is 2.24 bits per heavy atom. The summed E-state index contributed by atoms with van der Waals surface area (Å²) in [5.74, 6) is 0.0166. The van der Waals surface area contributed by atoms with E-state index in [0.717, 1.165) is 6.54 Å². The van der Waals surface area contributed by atoms with Crippen LogP contribution >= 0.6 is 0 Å². The van der Waals surface area contributed by atoms with E-state index >= 15 is 0 Å². The Balaban J connectivity index is 1.96. The molecule has 4 nitrogen and oxygen atoms in total. The number of nitrogens with one attached hydrogen (secondary N) is 2. The number of morpholine rings is 1. The van der Waals surface area contributed by atoms with Gasteiger partial charge in [-0.25, -0.2) is 0 Å². The van der Waals surface area contributed by atoms with Crippen LogP contribution in [0.3, 0.4) is 0 Å². The van der Waals surface area contributed by atoms with Crippen molar-refractivity contribution in [2.75, 3.05) is 19.7 Å². The van der Waals surface area contributed by atoms with E-state index in [2.05, 4.69) is 55.7 Å². The van der Waals surface area contributed by atoms with Crippen molar-refractivity contribution in [3.05, 3.63) is 35.4 Å². The van der Waals surface area contributed by atoms with Crippen LogP contribution in [0.4, 0.5) is 0 Å². The minimum Gasteiger partial charge on any atom is -0.375 e. The van der Waals surface area contributed by atoms with Crippen LogP contribution in [0.2, 0.25) is 0 Å². The number of benzene rings is 1. The molecule has 0 spiro atoms. The number of ether oxygens (including phenoxy) is 1. The SMILES string of the molecule is Cc1cccc(C(C)(C)CNC(=O)[C@H]2NCCO[C@@H]2C)c1. The number of carbonyl (C=O) groups is 1. The molecule has 0 aliphatic carbocycles. The Labute approximate surface area is 127 Å². The van der Waals surface area contributed by atoms with Gasteiger partial charge in [-0.2, -0.15) is 0 Å². The molecular weight excluding hydrogens is 264 g/mol. The van der Waals surface area contributed by atoms with E-state index < -0.39 is 0 Å². The number of carbonyl (C=O) groups excluding carboxylic acids is 1.